The highest BCUT2D eigenvalue weighted by Gasteiger charge is 2.64. The molecule has 1 aliphatic heterocycles. The second-order valence-electron chi connectivity index (χ2n) is 4.39. The van der Waals surface area contributed by atoms with Crippen molar-refractivity contribution in [2.75, 3.05) is 6.61 Å². The molecule has 1 fully saturated rings. The van der Waals surface area contributed by atoms with Gasteiger partial charge >= 0.3 is 5.97 Å². The van der Waals surface area contributed by atoms with Gasteiger partial charge in [-0.05, 0) is 25.1 Å². The van der Waals surface area contributed by atoms with Crippen molar-refractivity contribution in [2.45, 2.75) is 13.0 Å². The Balaban J connectivity index is 1.88. The lowest BCUT2D eigenvalue weighted by atomic mass is 10.0. The van der Waals surface area contributed by atoms with Crippen molar-refractivity contribution in [3.8, 4) is 5.75 Å². The first-order chi connectivity index (χ1) is 8.63. The van der Waals surface area contributed by atoms with Crippen LogP contribution in [0.15, 0.2) is 18.2 Å². The van der Waals surface area contributed by atoms with E-state index in [1.54, 1.807) is 25.1 Å². The minimum Gasteiger partial charge on any atom is -0.488 e. The summed E-state index contributed by atoms with van der Waals surface area (Å²) in [6.45, 7) is 2.04. The number of ether oxygens (including phenoxy) is 2. The van der Waals surface area contributed by atoms with E-state index in [1.165, 1.54) is 0 Å². The Hall–Kier alpha value is -1.55. The van der Waals surface area contributed by atoms with Crippen LogP contribution in [0.5, 0.6) is 5.75 Å². The van der Waals surface area contributed by atoms with Crippen LogP contribution in [-0.4, -0.2) is 24.5 Å². The van der Waals surface area contributed by atoms with Crippen molar-refractivity contribution >= 4 is 23.4 Å². The number of Topliss-reactive ketones (excluding diaryl/α,β-unsaturated/α-hetero) is 1. The van der Waals surface area contributed by atoms with Gasteiger partial charge in [-0.15, -0.1) is 0 Å². The second kappa shape index (κ2) is 3.99. The number of esters is 1. The minimum atomic E-state index is -0.469. The van der Waals surface area contributed by atoms with Crippen molar-refractivity contribution in [1.29, 1.82) is 0 Å². The first-order valence-corrected chi connectivity index (χ1v) is 6.18. The van der Waals surface area contributed by atoms with Gasteiger partial charge in [0.1, 0.15) is 17.8 Å². The molecule has 1 saturated carbocycles. The Morgan fingerprint density at radius 3 is 3.00 bits per heavy atom. The highest BCUT2D eigenvalue weighted by atomic mass is 35.5. The summed E-state index contributed by atoms with van der Waals surface area (Å²) in [7, 11) is 0. The van der Waals surface area contributed by atoms with E-state index in [9.17, 15) is 9.59 Å². The Morgan fingerprint density at radius 2 is 2.28 bits per heavy atom. The number of fused-ring (bicyclic) bond motifs is 2. The molecule has 0 radical (unpaired) electrons. The van der Waals surface area contributed by atoms with Gasteiger partial charge in [0.25, 0.3) is 0 Å². The molecule has 1 aromatic carbocycles. The van der Waals surface area contributed by atoms with Gasteiger partial charge in [-0.25, -0.2) is 0 Å². The predicted molar refractivity (Wildman–Crippen MR) is 63.8 cm³/mol. The van der Waals surface area contributed by atoms with Crippen molar-refractivity contribution < 1.29 is 19.1 Å². The maximum Gasteiger partial charge on any atom is 0.313 e. The molecule has 0 spiro atoms. The number of carbonyl (C=O) groups excluding carboxylic acids is 2. The largest absolute Gasteiger partial charge is 0.488 e. The molecule has 18 heavy (non-hydrogen) atoms. The van der Waals surface area contributed by atoms with Gasteiger partial charge in [-0.1, -0.05) is 11.6 Å². The summed E-state index contributed by atoms with van der Waals surface area (Å²) in [6, 6.07) is 4.90. The van der Waals surface area contributed by atoms with Crippen LogP contribution in [0.2, 0.25) is 5.02 Å². The average molecular weight is 267 g/mol. The minimum absolute atomic E-state index is 0.0817. The van der Waals surface area contributed by atoms with E-state index in [0.29, 0.717) is 22.9 Å². The Bertz CT molecular complexity index is 540. The van der Waals surface area contributed by atoms with Gasteiger partial charge in [0.2, 0.25) is 0 Å². The molecule has 0 bridgehead atoms. The third-order valence-corrected chi connectivity index (χ3v) is 3.52. The van der Waals surface area contributed by atoms with Gasteiger partial charge < -0.3 is 9.47 Å². The predicted octanol–water partition coefficient (Wildman–Crippen LogP) is 2.09. The molecule has 1 aromatic rings. The van der Waals surface area contributed by atoms with E-state index in [0.717, 1.165) is 0 Å². The Morgan fingerprint density at radius 1 is 1.50 bits per heavy atom. The zero-order valence-electron chi connectivity index (χ0n) is 9.68. The SMILES string of the molecule is CCOC(=O)[C@H]1[C@@H]2Oc3ccc(Cl)cc3C(=O)[C@@H]21. The molecule has 5 heteroatoms. The molecule has 0 N–H and O–H groups in total. The third-order valence-electron chi connectivity index (χ3n) is 3.29. The van der Waals surface area contributed by atoms with Crippen LogP contribution in [0.1, 0.15) is 17.3 Å². The van der Waals surface area contributed by atoms with Crippen LogP contribution in [0, 0.1) is 11.8 Å². The molecular weight excluding hydrogens is 256 g/mol. The smallest absolute Gasteiger partial charge is 0.313 e. The summed E-state index contributed by atoms with van der Waals surface area (Å²) < 4.78 is 10.6. The second-order valence-corrected chi connectivity index (χ2v) is 4.83. The highest BCUT2D eigenvalue weighted by molar-refractivity contribution is 6.31. The van der Waals surface area contributed by atoms with Gasteiger partial charge in [-0.3, -0.25) is 9.59 Å². The van der Waals surface area contributed by atoms with Crippen LogP contribution < -0.4 is 4.74 Å². The van der Waals surface area contributed by atoms with Crippen molar-refractivity contribution in [1.82, 2.24) is 0 Å². The molecule has 0 amide bonds. The molecular formula is C13H11ClO4. The van der Waals surface area contributed by atoms with Crippen LogP contribution in [0.3, 0.4) is 0 Å². The quantitative estimate of drug-likeness (QED) is 0.769. The number of rotatable bonds is 2. The number of hydrogen-bond acceptors (Lipinski definition) is 4. The van der Waals surface area contributed by atoms with Crippen molar-refractivity contribution in [2.24, 2.45) is 11.8 Å². The van der Waals surface area contributed by atoms with Gasteiger partial charge in [-0.2, -0.15) is 0 Å². The number of carbonyl (C=O) groups is 2. The molecule has 2 aliphatic rings. The van der Waals surface area contributed by atoms with Crippen LogP contribution in [0.25, 0.3) is 0 Å². The van der Waals surface area contributed by atoms with Crippen molar-refractivity contribution in [3.63, 3.8) is 0 Å². The monoisotopic (exact) mass is 266 g/mol. The Kier molecular flexibility index (Phi) is 2.55. The average Bonchev–Trinajstić information content (AvgIpc) is 3.05. The summed E-state index contributed by atoms with van der Waals surface area (Å²) in [5.74, 6) is -0.822. The van der Waals surface area contributed by atoms with E-state index in [-0.39, 0.29) is 17.9 Å². The highest BCUT2D eigenvalue weighted by Crippen LogP contribution is 2.50. The first kappa shape index (κ1) is 11.5. The molecule has 0 aromatic heterocycles. The van der Waals surface area contributed by atoms with Crippen LogP contribution in [0.4, 0.5) is 0 Å². The molecule has 4 nitrogen and oxygen atoms in total. The van der Waals surface area contributed by atoms with Gasteiger partial charge in [0, 0.05) is 5.02 Å². The fourth-order valence-corrected chi connectivity index (χ4v) is 2.56. The summed E-state index contributed by atoms with van der Waals surface area (Å²) in [5, 5.41) is 0.484. The lowest BCUT2D eigenvalue weighted by Crippen LogP contribution is -2.17. The van der Waals surface area contributed by atoms with E-state index in [1.807, 2.05) is 0 Å². The molecule has 0 unspecified atom stereocenters. The molecule has 1 heterocycles. The van der Waals surface area contributed by atoms with Crippen LogP contribution >= 0.6 is 11.6 Å². The zero-order valence-corrected chi connectivity index (χ0v) is 10.4. The molecule has 0 saturated heterocycles. The molecule has 3 atom stereocenters. The fourth-order valence-electron chi connectivity index (χ4n) is 2.38. The number of halogens is 1. The van der Waals surface area contributed by atoms with E-state index in [4.69, 9.17) is 21.1 Å². The normalized spacial score (nSPS) is 27.9. The molecule has 94 valence electrons. The van der Waals surface area contributed by atoms with Crippen molar-refractivity contribution in [3.05, 3.63) is 28.8 Å². The summed E-state index contributed by atoms with van der Waals surface area (Å²) >= 11 is 5.85. The summed E-state index contributed by atoms with van der Waals surface area (Å²) in [5.41, 5.74) is 0.454. The maximum absolute atomic E-state index is 12.2. The number of benzene rings is 1. The number of ketones is 1. The standard InChI is InChI=1S/C13H11ClO4/c1-2-17-13(16)10-9-11(15)7-5-6(14)3-4-8(7)18-12(9)10/h3-5,9-10,12H,2H2,1H3/t9-,10+,12+/m0/s1. The maximum atomic E-state index is 12.2. The first-order valence-electron chi connectivity index (χ1n) is 5.80. The third kappa shape index (κ3) is 1.60. The van der Waals surface area contributed by atoms with Gasteiger partial charge in [0.05, 0.1) is 18.1 Å². The van der Waals surface area contributed by atoms with Crippen LogP contribution in [-0.2, 0) is 9.53 Å². The summed E-state index contributed by atoms with van der Waals surface area (Å²) in [6.07, 6.45) is -0.370. The topological polar surface area (TPSA) is 52.6 Å². The Labute approximate surface area is 109 Å². The number of hydrogen-bond donors (Lipinski definition) is 0. The lowest BCUT2D eigenvalue weighted by molar-refractivity contribution is -0.145. The molecule has 3 rings (SSSR count). The van der Waals surface area contributed by atoms with Gasteiger partial charge in [0.15, 0.2) is 5.78 Å². The fraction of sp³-hybridized carbons (Fsp3) is 0.385. The van der Waals surface area contributed by atoms with E-state index >= 15 is 0 Å². The van der Waals surface area contributed by atoms with E-state index in [2.05, 4.69) is 0 Å². The lowest BCUT2D eigenvalue weighted by Gasteiger charge is -2.14. The van der Waals surface area contributed by atoms with E-state index < -0.39 is 11.8 Å². The molecule has 1 aliphatic carbocycles. The zero-order chi connectivity index (χ0) is 12.9. The summed E-state index contributed by atoms with van der Waals surface area (Å²) in [4.78, 5) is 23.8.